The molecule has 0 N–H and O–H groups in total. The van der Waals surface area contributed by atoms with E-state index in [1.165, 1.54) is 0 Å². The van der Waals surface area contributed by atoms with Gasteiger partial charge < -0.3 is 18.6 Å². The molecule has 298 valence electrons. The minimum atomic E-state index is 0.602. The molecule has 6 nitrogen and oxygen atoms in total. The lowest BCUT2D eigenvalue weighted by Gasteiger charge is -2.28. The highest BCUT2D eigenvalue weighted by molar-refractivity contribution is 6.21. The average Bonchev–Trinajstić information content (AvgIpc) is 3.94. The molecule has 0 spiro atoms. The number of para-hydroxylation sites is 2. The van der Waals surface area contributed by atoms with Gasteiger partial charge in [0.1, 0.15) is 22.3 Å². The zero-order valence-electron chi connectivity index (χ0n) is 34.2. The van der Waals surface area contributed by atoms with Crippen LogP contribution in [-0.4, -0.2) is 0 Å². The maximum atomic E-state index is 9.68. The van der Waals surface area contributed by atoms with Crippen molar-refractivity contribution in [3.63, 3.8) is 0 Å². The Morgan fingerprint density at radius 2 is 0.625 bits per heavy atom. The number of benzene rings is 10. The molecule has 0 amide bonds. The van der Waals surface area contributed by atoms with Crippen LogP contribution in [0.15, 0.2) is 215 Å². The maximum Gasteiger partial charge on any atom is 0.143 e. The largest absolute Gasteiger partial charge is 0.455 e. The first-order valence-electron chi connectivity index (χ1n) is 21.1. The summed E-state index contributed by atoms with van der Waals surface area (Å²) in [6.45, 7) is 0. The van der Waals surface area contributed by atoms with E-state index in [0.717, 1.165) is 111 Å². The van der Waals surface area contributed by atoms with E-state index in [-0.39, 0.29) is 0 Å². The second-order valence-corrected chi connectivity index (χ2v) is 15.9. The van der Waals surface area contributed by atoms with Crippen molar-refractivity contribution in [1.29, 1.82) is 10.5 Å². The van der Waals surface area contributed by atoms with Crippen LogP contribution in [0.5, 0.6) is 0 Å². The number of hydrogen-bond acceptors (Lipinski definition) is 6. The van der Waals surface area contributed by atoms with Gasteiger partial charge >= 0.3 is 0 Å². The number of furan rings is 2. The van der Waals surface area contributed by atoms with Crippen molar-refractivity contribution in [3.8, 4) is 23.3 Å². The summed E-state index contributed by atoms with van der Waals surface area (Å²) in [6, 6.07) is 74.9. The van der Waals surface area contributed by atoms with E-state index in [2.05, 4.69) is 143 Å². The van der Waals surface area contributed by atoms with Gasteiger partial charge in [0, 0.05) is 65.8 Å². The fourth-order valence-electron chi connectivity index (χ4n) is 9.26. The molecular weight excluding hydrogens is 785 g/mol. The summed E-state index contributed by atoms with van der Waals surface area (Å²) in [5.74, 6) is 0. The van der Waals surface area contributed by atoms with Crippen molar-refractivity contribution in [2.45, 2.75) is 0 Å². The van der Waals surface area contributed by atoms with Gasteiger partial charge in [-0.2, -0.15) is 10.5 Å². The van der Waals surface area contributed by atoms with Gasteiger partial charge in [0.2, 0.25) is 0 Å². The number of hydrogen-bond donors (Lipinski definition) is 0. The molecule has 2 heterocycles. The summed E-state index contributed by atoms with van der Waals surface area (Å²) >= 11 is 0. The smallest absolute Gasteiger partial charge is 0.143 e. The van der Waals surface area contributed by atoms with Gasteiger partial charge in [0.15, 0.2) is 0 Å². The van der Waals surface area contributed by atoms with Crippen LogP contribution in [0.3, 0.4) is 0 Å². The van der Waals surface area contributed by atoms with E-state index in [1.54, 1.807) is 0 Å². The first-order chi connectivity index (χ1) is 31.6. The molecule has 0 unspecified atom stereocenters. The molecule has 0 saturated carbocycles. The average molecular weight is 819 g/mol. The van der Waals surface area contributed by atoms with Crippen LogP contribution in [0.25, 0.3) is 76.5 Å². The molecule has 2 aromatic heterocycles. The summed E-state index contributed by atoms with van der Waals surface area (Å²) in [7, 11) is 0. The number of nitrogens with zero attached hydrogens (tertiary/aromatic N) is 4. The Balaban J connectivity index is 0.968. The highest BCUT2D eigenvalue weighted by Crippen LogP contribution is 2.47. The fourth-order valence-corrected chi connectivity index (χ4v) is 9.26. The van der Waals surface area contributed by atoms with Gasteiger partial charge in [-0.1, -0.05) is 109 Å². The summed E-state index contributed by atoms with van der Waals surface area (Å²) in [5.41, 5.74) is 12.6. The molecule has 0 atom stereocenters. The van der Waals surface area contributed by atoms with Gasteiger partial charge in [0.25, 0.3) is 0 Å². The lowest BCUT2D eigenvalue weighted by atomic mass is 10.0. The molecule has 0 aliphatic carbocycles. The van der Waals surface area contributed by atoms with E-state index in [1.807, 2.05) is 84.9 Å². The minimum absolute atomic E-state index is 0.602. The Kier molecular flexibility index (Phi) is 8.50. The molecule has 12 rings (SSSR count). The van der Waals surface area contributed by atoms with E-state index in [4.69, 9.17) is 8.83 Å². The summed E-state index contributed by atoms with van der Waals surface area (Å²) in [5, 5.41) is 27.7. The summed E-state index contributed by atoms with van der Waals surface area (Å²) < 4.78 is 12.9. The highest BCUT2D eigenvalue weighted by atomic mass is 16.3. The van der Waals surface area contributed by atoms with Gasteiger partial charge in [-0.25, -0.2) is 0 Å². The van der Waals surface area contributed by atoms with Crippen LogP contribution in [0, 0.1) is 22.7 Å². The van der Waals surface area contributed by atoms with Gasteiger partial charge in [-0.3, -0.25) is 0 Å². The monoisotopic (exact) mass is 818 g/mol. The van der Waals surface area contributed by atoms with Crippen LogP contribution >= 0.6 is 0 Å². The zero-order chi connectivity index (χ0) is 42.7. The standard InChI is InChI=1S/C58H34N4O2/c59-35-37-17-25-41(26-18-37)61(53-33-51-47-11-5-7-15-55(47)63-57(51)49-13-3-1-9-45(49)53)43-29-21-39(22-30-43)40-23-31-44(32-24-40)62(42-27-19-38(36-60)20-28-42)54-34-52-48-12-6-8-16-56(48)64-58(52)50-14-4-2-10-46(50)54/h1-34H. The van der Waals surface area contributed by atoms with E-state index in [9.17, 15) is 10.5 Å². The van der Waals surface area contributed by atoms with Gasteiger partial charge in [0.05, 0.1) is 34.6 Å². The van der Waals surface area contributed by atoms with Crippen molar-refractivity contribution < 1.29 is 8.83 Å². The van der Waals surface area contributed by atoms with E-state index >= 15 is 0 Å². The van der Waals surface area contributed by atoms with Crippen LogP contribution < -0.4 is 9.80 Å². The molecule has 0 fully saturated rings. The lowest BCUT2D eigenvalue weighted by molar-refractivity contribution is 0.672. The molecule has 10 aromatic carbocycles. The lowest BCUT2D eigenvalue weighted by Crippen LogP contribution is -2.11. The normalized spacial score (nSPS) is 11.4. The second kappa shape index (κ2) is 14.8. The maximum absolute atomic E-state index is 9.68. The molecule has 6 heteroatoms. The molecule has 0 saturated heterocycles. The third-order valence-electron chi connectivity index (χ3n) is 12.3. The molecule has 12 aromatic rings. The predicted octanol–water partition coefficient (Wildman–Crippen LogP) is 16.1. The van der Waals surface area contributed by atoms with Gasteiger partial charge in [-0.05, 0) is 108 Å². The van der Waals surface area contributed by atoms with Crippen molar-refractivity contribution in [2.24, 2.45) is 0 Å². The molecular formula is C58H34N4O2. The predicted molar refractivity (Wildman–Crippen MR) is 260 cm³/mol. The fraction of sp³-hybridized carbons (Fsp3) is 0. The molecule has 0 radical (unpaired) electrons. The van der Waals surface area contributed by atoms with Crippen molar-refractivity contribution in [3.05, 3.63) is 217 Å². The third-order valence-corrected chi connectivity index (χ3v) is 12.3. The Morgan fingerprint density at radius 1 is 0.312 bits per heavy atom. The van der Waals surface area contributed by atoms with Crippen LogP contribution in [0.4, 0.5) is 34.1 Å². The molecule has 0 bridgehead atoms. The first-order valence-corrected chi connectivity index (χ1v) is 21.1. The van der Waals surface area contributed by atoms with Crippen LogP contribution in [0.1, 0.15) is 11.1 Å². The number of nitriles is 2. The minimum Gasteiger partial charge on any atom is -0.455 e. The van der Waals surface area contributed by atoms with Crippen LogP contribution in [-0.2, 0) is 0 Å². The topological polar surface area (TPSA) is 80.3 Å². The highest BCUT2D eigenvalue weighted by Gasteiger charge is 2.22. The Hall–Kier alpha value is -9.10. The van der Waals surface area contributed by atoms with Gasteiger partial charge in [-0.15, -0.1) is 0 Å². The number of fused-ring (bicyclic) bond motifs is 10. The molecule has 0 aliphatic heterocycles. The number of anilines is 6. The van der Waals surface area contributed by atoms with Crippen molar-refractivity contribution in [2.75, 3.05) is 9.80 Å². The Labute approximate surface area is 367 Å². The number of rotatable bonds is 7. The van der Waals surface area contributed by atoms with Crippen molar-refractivity contribution in [1.82, 2.24) is 0 Å². The Bertz CT molecular complexity index is 3600. The molecule has 64 heavy (non-hydrogen) atoms. The molecule has 0 aliphatic rings. The summed E-state index contributed by atoms with van der Waals surface area (Å²) in [4.78, 5) is 4.52. The SMILES string of the molecule is N#Cc1ccc(N(c2ccc(-c3ccc(N(c4ccc(C#N)cc4)c4cc5c6ccccc6oc5c5ccccc45)cc3)cc2)c2cc3c4ccccc4oc3c3ccccc23)cc1. The van der Waals surface area contributed by atoms with E-state index in [0.29, 0.717) is 11.1 Å². The van der Waals surface area contributed by atoms with Crippen LogP contribution in [0.2, 0.25) is 0 Å². The van der Waals surface area contributed by atoms with E-state index < -0.39 is 0 Å². The quantitative estimate of drug-likeness (QED) is 0.159. The first kappa shape index (κ1) is 36.7. The second-order valence-electron chi connectivity index (χ2n) is 15.9. The summed E-state index contributed by atoms with van der Waals surface area (Å²) in [6.07, 6.45) is 0. The zero-order valence-corrected chi connectivity index (χ0v) is 34.2. The Morgan fingerprint density at radius 3 is 0.984 bits per heavy atom. The van der Waals surface area contributed by atoms with Crippen molar-refractivity contribution >= 4 is 99.5 Å². The third kappa shape index (κ3) is 5.94.